The summed E-state index contributed by atoms with van der Waals surface area (Å²) >= 11 is 6.37. The molecule has 0 aliphatic heterocycles. The quantitative estimate of drug-likeness (QED) is 0.771. The summed E-state index contributed by atoms with van der Waals surface area (Å²) in [4.78, 5) is 12.3. The molecule has 1 atom stereocenters. The van der Waals surface area contributed by atoms with Gasteiger partial charge in [0, 0.05) is 17.4 Å². The molecule has 21 heavy (non-hydrogen) atoms. The Kier molecular flexibility index (Phi) is 4.58. The van der Waals surface area contributed by atoms with E-state index in [1.807, 2.05) is 57.2 Å². The summed E-state index contributed by atoms with van der Waals surface area (Å²) in [5.41, 5.74) is 0.553. The number of fused-ring (bicyclic) bond motifs is 1. The number of ketones is 1. The van der Waals surface area contributed by atoms with E-state index >= 15 is 0 Å². The van der Waals surface area contributed by atoms with Crippen LogP contribution in [0.4, 0.5) is 0 Å². The van der Waals surface area contributed by atoms with E-state index in [2.05, 4.69) is 0 Å². The molecule has 3 heteroatoms. The minimum absolute atomic E-state index is 0.0548. The second-order valence-electron chi connectivity index (χ2n) is 6.25. The Balaban J connectivity index is 2.43. The average Bonchev–Trinajstić information content (AvgIpc) is 2.45. The lowest BCUT2D eigenvalue weighted by atomic mass is 9.86. The zero-order chi connectivity index (χ0) is 15.6. The van der Waals surface area contributed by atoms with Crippen LogP contribution in [0.5, 0.6) is 5.75 Å². The van der Waals surface area contributed by atoms with Crippen LogP contribution in [0.25, 0.3) is 10.8 Å². The van der Waals surface area contributed by atoms with E-state index in [1.165, 1.54) is 0 Å². The molecule has 0 aliphatic carbocycles. The van der Waals surface area contributed by atoms with Gasteiger partial charge in [0.05, 0.1) is 12.5 Å². The number of benzene rings is 2. The van der Waals surface area contributed by atoms with Crippen molar-refractivity contribution < 1.29 is 9.53 Å². The van der Waals surface area contributed by atoms with E-state index in [1.54, 1.807) is 7.11 Å². The van der Waals surface area contributed by atoms with Crippen molar-refractivity contribution in [1.82, 2.24) is 0 Å². The van der Waals surface area contributed by atoms with E-state index in [9.17, 15) is 4.79 Å². The van der Waals surface area contributed by atoms with Crippen molar-refractivity contribution in [2.24, 2.45) is 5.41 Å². The van der Waals surface area contributed by atoms with E-state index in [0.717, 1.165) is 22.1 Å². The molecule has 0 saturated heterocycles. The van der Waals surface area contributed by atoms with Crippen LogP contribution in [0.15, 0.2) is 36.4 Å². The maximum absolute atomic E-state index is 12.3. The molecule has 2 aromatic carbocycles. The molecule has 0 saturated carbocycles. The Morgan fingerprint density at radius 3 is 2.48 bits per heavy atom. The summed E-state index contributed by atoms with van der Waals surface area (Å²) in [6.07, 6.45) is 0.474. The number of alkyl halides is 1. The molecule has 0 aromatic heterocycles. The third-order valence-corrected chi connectivity index (χ3v) is 3.98. The van der Waals surface area contributed by atoms with Crippen LogP contribution in [0.2, 0.25) is 0 Å². The number of carbonyl (C=O) groups is 1. The van der Waals surface area contributed by atoms with Crippen LogP contribution < -0.4 is 4.74 Å². The first kappa shape index (κ1) is 15.8. The molecule has 0 spiro atoms. The SMILES string of the molecule is COc1ccc2ccccc2c1CC(Cl)C(=O)C(C)(C)C. The fourth-order valence-electron chi connectivity index (χ4n) is 2.46. The maximum atomic E-state index is 12.3. The number of ether oxygens (including phenoxy) is 1. The van der Waals surface area contributed by atoms with Crippen LogP contribution in [0.3, 0.4) is 0 Å². The van der Waals surface area contributed by atoms with Crippen molar-refractivity contribution >= 4 is 28.2 Å². The summed E-state index contributed by atoms with van der Waals surface area (Å²) in [5, 5.41) is 1.66. The first-order valence-electron chi connectivity index (χ1n) is 7.07. The zero-order valence-electron chi connectivity index (χ0n) is 12.9. The normalized spacial score (nSPS) is 13.2. The monoisotopic (exact) mass is 304 g/mol. The van der Waals surface area contributed by atoms with E-state index < -0.39 is 10.8 Å². The molecular weight excluding hydrogens is 284 g/mol. The van der Waals surface area contributed by atoms with Crippen molar-refractivity contribution in [3.8, 4) is 5.75 Å². The van der Waals surface area contributed by atoms with Gasteiger partial charge in [-0.05, 0) is 16.8 Å². The second-order valence-corrected chi connectivity index (χ2v) is 6.78. The topological polar surface area (TPSA) is 26.3 Å². The zero-order valence-corrected chi connectivity index (χ0v) is 13.7. The maximum Gasteiger partial charge on any atom is 0.156 e. The van der Waals surface area contributed by atoms with Gasteiger partial charge in [-0.1, -0.05) is 51.1 Å². The van der Waals surface area contributed by atoms with Gasteiger partial charge >= 0.3 is 0 Å². The summed E-state index contributed by atoms with van der Waals surface area (Å²) in [6, 6.07) is 12.0. The summed E-state index contributed by atoms with van der Waals surface area (Å²) < 4.78 is 5.45. The summed E-state index contributed by atoms with van der Waals surface area (Å²) in [5.74, 6) is 0.834. The van der Waals surface area contributed by atoms with Crippen LogP contribution in [-0.4, -0.2) is 18.3 Å². The molecule has 0 fully saturated rings. The lowest BCUT2D eigenvalue weighted by Gasteiger charge is -2.21. The fourth-order valence-corrected chi connectivity index (χ4v) is 2.94. The van der Waals surface area contributed by atoms with Crippen molar-refractivity contribution in [2.45, 2.75) is 32.6 Å². The Bertz CT molecular complexity index is 656. The fraction of sp³-hybridized carbons (Fsp3) is 0.389. The van der Waals surface area contributed by atoms with Crippen LogP contribution in [0, 0.1) is 5.41 Å². The number of rotatable bonds is 4. The first-order valence-corrected chi connectivity index (χ1v) is 7.51. The van der Waals surface area contributed by atoms with E-state index in [0.29, 0.717) is 6.42 Å². The van der Waals surface area contributed by atoms with Crippen molar-refractivity contribution in [1.29, 1.82) is 0 Å². The van der Waals surface area contributed by atoms with Gasteiger partial charge < -0.3 is 4.74 Å². The van der Waals surface area contributed by atoms with Crippen molar-refractivity contribution in [3.63, 3.8) is 0 Å². The highest BCUT2D eigenvalue weighted by Crippen LogP contribution is 2.31. The molecule has 112 valence electrons. The highest BCUT2D eigenvalue weighted by molar-refractivity contribution is 6.32. The van der Waals surface area contributed by atoms with Crippen LogP contribution in [0.1, 0.15) is 26.3 Å². The van der Waals surface area contributed by atoms with Gasteiger partial charge in [-0.3, -0.25) is 4.79 Å². The highest BCUT2D eigenvalue weighted by atomic mass is 35.5. The Labute approximate surface area is 131 Å². The molecule has 2 rings (SSSR count). The summed E-state index contributed by atoms with van der Waals surface area (Å²) in [7, 11) is 1.64. The molecule has 2 aromatic rings. The average molecular weight is 305 g/mol. The lowest BCUT2D eigenvalue weighted by molar-refractivity contribution is -0.125. The number of hydrogen-bond acceptors (Lipinski definition) is 2. The predicted octanol–water partition coefficient (Wildman–Crippen LogP) is 4.61. The highest BCUT2D eigenvalue weighted by Gasteiger charge is 2.29. The Hall–Kier alpha value is -1.54. The molecule has 2 nitrogen and oxygen atoms in total. The number of Topliss-reactive ketones (excluding diaryl/α,β-unsaturated/α-hetero) is 1. The Morgan fingerprint density at radius 2 is 1.86 bits per heavy atom. The molecule has 0 radical (unpaired) electrons. The number of halogens is 1. The van der Waals surface area contributed by atoms with Crippen LogP contribution >= 0.6 is 11.6 Å². The largest absolute Gasteiger partial charge is 0.496 e. The molecule has 1 unspecified atom stereocenters. The molecular formula is C18H21ClO2. The van der Waals surface area contributed by atoms with Gasteiger partial charge in [-0.15, -0.1) is 11.6 Å². The molecule has 0 bridgehead atoms. The Morgan fingerprint density at radius 1 is 1.19 bits per heavy atom. The van der Waals surface area contributed by atoms with Crippen molar-refractivity contribution in [3.05, 3.63) is 42.0 Å². The van der Waals surface area contributed by atoms with Gasteiger partial charge in [0.25, 0.3) is 0 Å². The lowest BCUT2D eigenvalue weighted by Crippen LogP contribution is -2.30. The smallest absolute Gasteiger partial charge is 0.156 e. The molecule has 0 heterocycles. The number of carbonyl (C=O) groups excluding carboxylic acids is 1. The minimum atomic E-state index is -0.551. The van der Waals surface area contributed by atoms with Gasteiger partial charge in [0.2, 0.25) is 0 Å². The number of methoxy groups -OCH3 is 1. The number of hydrogen-bond donors (Lipinski definition) is 0. The molecule has 0 aliphatic rings. The minimum Gasteiger partial charge on any atom is -0.496 e. The molecule has 0 N–H and O–H groups in total. The molecule has 0 amide bonds. The van der Waals surface area contributed by atoms with E-state index in [-0.39, 0.29) is 5.78 Å². The third-order valence-electron chi connectivity index (χ3n) is 3.62. The van der Waals surface area contributed by atoms with Crippen LogP contribution in [-0.2, 0) is 11.2 Å². The summed E-state index contributed by atoms with van der Waals surface area (Å²) in [6.45, 7) is 5.68. The van der Waals surface area contributed by atoms with Crippen molar-refractivity contribution in [2.75, 3.05) is 7.11 Å². The van der Waals surface area contributed by atoms with Gasteiger partial charge in [0.1, 0.15) is 5.75 Å². The van der Waals surface area contributed by atoms with E-state index in [4.69, 9.17) is 16.3 Å². The van der Waals surface area contributed by atoms with Gasteiger partial charge in [-0.2, -0.15) is 0 Å². The van der Waals surface area contributed by atoms with Gasteiger partial charge in [0.15, 0.2) is 5.78 Å². The second kappa shape index (κ2) is 6.07. The van der Waals surface area contributed by atoms with Gasteiger partial charge in [-0.25, -0.2) is 0 Å². The first-order chi connectivity index (χ1) is 9.84. The predicted molar refractivity (Wildman–Crippen MR) is 88.3 cm³/mol. The third kappa shape index (κ3) is 3.38. The standard InChI is InChI=1S/C18H21ClO2/c1-18(2,3)17(20)15(19)11-14-13-8-6-5-7-12(13)9-10-16(14)21-4/h5-10,15H,11H2,1-4H3.